The van der Waals surface area contributed by atoms with Gasteiger partial charge in [-0.25, -0.2) is 9.67 Å². The first-order valence-electron chi connectivity index (χ1n) is 8.69. The smallest absolute Gasteiger partial charge is 0.293 e. The summed E-state index contributed by atoms with van der Waals surface area (Å²) < 4.78 is 1.57. The van der Waals surface area contributed by atoms with E-state index in [1.807, 2.05) is 6.92 Å². The predicted octanol–water partition coefficient (Wildman–Crippen LogP) is 3.34. The molecule has 1 aliphatic heterocycles. The molecular formula is C18H23Cl2N5O. The molecule has 6 nitrogen and oxygen atoms in total. The Morgan fingerprint density at radius 2 is 2.00 bits per heavy atom. The van der Waals surface area contributed by atoms with Crippen LogP contribution in [0.1, 0.15) is 43.6 Å². The third kappa shape index (κ3) is 3.46. The Kier molecular flexibility index (Phi) is 5.28. The number of benzene rings is 1. The number of aromatic nitrogens is 3. The quantitative estimate of drug-likeness (QED) is 0.864. The number of halogens is 2. The molecule has 3 rings (SSSR count). The number of hydrogen-bond acceptors (Lipinski definition) is 4. The summed E-state index contributed by atoms with van der Waals surface area (Å²) >= 11 is 12.6. The Morgan fingerprint density at radius 3 is 2.58 bits per heavy atom. The molecule has 2 aromatic rings. The van der Waals surface area contributed by atoms with Gasteiger partial charge in [0.2, 0.25) is 5.82 Å². The van der Waals surface area contributed by atoms with Crippen LogP contribution in [0.5, 0.6) is 0 Å². The number of carbonyl (C=O) groups excluding carboxylic acids is 1. The molecule has 0 aliphatic carbocycles. The zero-order valence-corrected chi connectivity index (χ0v) is 16.7. The first-order chi connectivity index (χ1) is 12.2. The van der Waals surface area contributed by atoms with Gasteiger partial charge in [-0.2, -0.15) is 0 Å². The van der Waals surface area contributed by atoms with Crippen LogP contribution in [0.3, 0.4) is 0 Å². The van der Waals surface area contributed by atoms with Crippen molar-refractivity contribution in [1.82, 2.24) is 19.7 Å². The molecule has 1 amide bonds. The van der Waals surface area contributed by atoms with Crippen molar-refractivity contribution in [2.45, 2.75) is 39.7 Å². The monoisotopic (exact) mass is 395 g/mol. The van der Waals surface area contributed by atoms with Gasteiger partial charge in [0.05, 0.1) is 10.0 Å². The standard InChI is InChI=1S/C18H23Cl2N5O/c1-4-14-22-16(17(26)24-9-8-13(21)18(2,3)10-24)23-25(14)15-11(19)6-5-7-12(15)20/h5-7,13H,4,8-10,21H2,1-3H3. The highest BCUT2D eigenvalue weighted by Crippen LogP contribution is 2.30. The van der Waals surface area contributed by atoms with Crippen molar-refractivity contribution in [2.24, 2.45) is 11.1 Å². The predicted molar refractivity (Wildman–Crippen MR) is 103 cm³/mol. The number of para-hydroxylation sites is 1. The molecule has 1 atom stereocenters. The van der Waals surface area contributed by atoms with Crippen molar-refractivity contribution in [3.8, 4) is 5.69 Å². The van der Waals surface area contributed by atoms with Crippen LogP contribution in [0.15, 0.2) is 18.2 Å². The average Bonchev–Trinajstić information content (AvgIpc) is 3.00. The first-order valence-corrected chi connectivity index (χ1v) is 9.45. The number of carbonyl (C=O) groups is 1. The molecule has 26 heavy (non-hydrogen) atoms. The van der Waals surface area contributed by atoms with Gasteiger partial charge < -0.3 is 10.6 Å². The third-order valence-corrected chi connectivity index (χ3v) is 5.54. The van der Waals surface area contributed by atoms with Crippen molar-refractivity contribution in [3.05, 3.63) is 39.9 Å². The van der Waals surface area contributed by atoms with E-state index in [2.05, 4.69) is 23.9 Å². The van der Waals surface area contributed by atoms with E-state index in [0.717, 1.165) is 6.42 Å². The van der Waals surface area contributed by atoms with Gasteiger partial charge >= 0.3 is 0 Å². The van der Waals surface area contributed by atoms with Crippen LogP contribution >= 0.6 is 23.2 Å². The topological polar surface area (TPSA) is 77.0 Å². The van der Waals surface area contributed by atoms with Crippen LogP contribution in [0.25, 0.3) is 5.69 Å². The van der Waals surface area contributed by atoms with E-state index in [1.165, 1.54) is 0 Å². The summed E-state index contributed by atoms with van der Waals surface area (Å²) in [6.07, 6.45) is 1.36. The zero-order chi connectivity index (χ0) is 19.1. The lowest BCUT2D eigenvalue weighted by molar-refractivity contribution is 0.0521. The number of nitrogens with two attached hydrogens (primary N) is 1. The summed E-state index contributed by atoms with van der Waals surface area (Å²) in [5.74, 6) is 0.599. The molecule has 1 fully saturated rings. The Labute approximate surface area is 163 Å². The minimum Gasteiger partial charge on any atom is -0.335 e. The van der Waals surface area contributed by atoms with Gasteiger partial charge in [0, 0.05) is 25.6 Å². The molecule has 1 aromatic heterocycles. The minimum absolute atomic E-state index is 0.0743. The number of likely N-dealkylation sites (tertiary alicyclic amines) is 1. The van der Waals surface area contributed by atoms with Gasteiger partial charge in [-0.05, 0) is 24.0 Å². The molecule has 1 aromatic carbocycles. The molecule has 1 aliphatic rings. The molecule has 140 valence electrons. The van der Waals surface area contributed by atoms with E-state index in [4.69, 9.17) is 28.9 Å². The van der Waals surface area contributed by atoms with Crippen molar-refractivity contribution < 1.29 is 4.79 Å². The lowest BCUT2D eigenvalue weighted by Gasteiger charge is -2.42. The van der Waals surface area contributed by atoms with Crippen LogP contribution < -0.4 is 5.73 Å². The SMILES string of the molecule is CCc1nc(C(=O)N2CCC(N)C(C)(C)C2)nn1-c1c(Cl)cccc1Cl. The van der Waals surface area contributed by atoms with E-state index >= 15 is 0 Å². The van der Waals surface area contributed by atoms with Crippen LogP contribution in [-0.2, 0) is 6.42 Å². The van der Waals surface area contributed by atoms with Crippen molar-refractivity contribution in [3.63, 3.8) is 0 Å². The van der Waals surface area contributed by atoms with Crippen LogP contribution in [-0.4, -0.2) is 44.7 Å². The zero-order valence-electron chi connectivity index (χ0n) is 15.2. The van der Waals surface area contributed by atoms with E-state index < -0.39 is 0 Å². The summed E-state index contributed by atoms with van der Waals surface area (Å²) in [5.41, 5.74) is 6.57. The second kappa shape index (κ2) is 7.18. The maximum atomic E-state index is 13.0. The number of nitrogens with zero attached hydrogens (tertiary/aromatic N) is 4. The van der Waals surface area contributed by atoms with Crippen LogP contribution in [0.4, 0.5) is 0 Å². The highest BCUT2D eigenvalue weighted by atomic mass is 35.5. The lowest BCUT2D eigenvalue weighted by atomic mass is 9.79. The summed E-state index contributed by atoms with van der Waals surface area (Å²) in [6.45, 7) is 7.28. The maximum absolute atomic E-state index is 13.0. The van der Waals surface area contributed by atoms with Gasteiger partial charge in [0.1, 0.15) is 11.5 Å². The molecule has 0 bridgehead atoms. The maximum Gasteiger partial charge on any atom is 0.293 e. The Hall–Kier alpha value is -1.63. The fourth-order valence-corrected chi connectivity index (χ4v) is 3.78. The van der Waals surface area contributed by atoms with Crippen molar-refractivity contribution in [1.29, 1.82) is 0 Å². The molecule has 0 saturated carbocycles. The summed E-state index contributed by atoms with van der Waals surface area (Å²) in [7, 11) is 0. The largest absolute Gasteiger partial charge is 0.335 e. The molecule has 0 spiro atoms. The summed E-state index contributed by atoms with van der Waals surface area (Å²) in [4.78, 5) is 19.2. The van der Waals surface area contributed by atoms with Crippen LogP contribution in [0, 0.1) is 5.41 Å². The summed E-state index contributed by atoms with van der Waals surface area (Å²) in [5, 5.41) is 5.35. The number of piperidine rings is 1. The highest BCUT2D eigenvalue weighted by molar-refractivity contribution is 6.37. The number of hydrogen-bond donors (Lipinski definition) is 1. The van der Waals surface area contributed by atoms with Gasteiger partial charge in [0.15, 0.2) is 0 Å². The van der Waals surface area contributed by atoms with Crippen LogP contribution in [0.2, 0.25) is 10.0 Å². The number of aryl methyl sites for hydroxylation is 1. The second-order valence-corrected chi connectivity index (χ2v) is 8.11. The first kappa shape index (κ1) is 19.1. The Morgan fingerprint density at radius 1 is 1.35 bits per heavy atom. The summed E-state index contributed by atoms with van der Waals surface area (Å²) in [6, 6.07) is 5.31. The normalized spacial score (nSPS) is 19.6. The number of amides is 1. The Bertz CT molecular complexity index is 813. The Balaban J connectivity index is 1.95. The fraction of sp³-hybridized carbons (Fsp3) is 0.500. The minimum atomic E-state index is -0.193. The van der Waals surface area contributed by atoms with Gasteiger partial charge in [-0.3, -0.25) is 4.79 Å². The van der Waals surface area contributed by atoms with Gasteiger partial charge in [0.25, 0.3) is 5.91 Å². The molecule has 0 radical (unpaired) electrons. The third-order valence-electron chi connectivity index (χ3n) is 4.93. The molecule has 2 heterocycles. The molecule has 1 unspecified atom stereocenters. The van der Waals surface area contributed by atoms with E-state index in [-0.39, 0.29) is 23.2 Å². The van der Waals surface area contributed by atoms with E-state index in [0.29, 0.717) is 41.1 Å². The van der Waals surface area contributed by atoms with Crippen molar-refractivity contribution >= 4 is 29.1 Å². The van der Waals surface area contributed by atoms with E-state index in [1.54, 1.807) is 27.8 Å². The van der Waals surface area contributed by atoms with Crippen molar-refractivity contribution in [2.75, 3.05) is 13.1 Å². The fourth-order valence-electron chi connectivity index (χ4n) is 3.22. The molecule has 1 saturated heterocycles. The lowest BCUT2D eigenvalue weighted by Crippen LogP contribution is -2.54. The molecule has 8 heteroatoms. The van der Waals surface area contributed by atoms with E-state index in [9.17, 15) is 4.79 Å². The average molecular weight is 396 g/mol. The van der Waals surface area contributed by atoms with Gasteiger partial charge in [-0.1, -0.05) is 50.0 Å². The molecule has 2 N–H and O–H groups in total. The molecular weight excluding hydrogens is 373 g/mol. The van der Waals surface area contributed by atoms with Gasteiger partial charge in [-0.15, -0.1) is 5.10 Å². The highest BCUT2D eigenvalue weighted by Gasteiger charge is 2.36. The number of rotatable bonds is 3. The second-order valence-electron chi connectivity index (χ2n) is 7.30.